The summed E-state index contributed by atoms with van der Waals surface area (Å²) in [5.41, 5.74) is 8.93. The van der Waals surface area contributed by atoms with E-state index >= 15 is 0 Å². The van der Waals surface area contributed by atoms with Crippen molar-refractivity contribution >= 4 is 43.6 Å². The lowest BCUT2D eigenvalue weighted by Gasteiger charge is -2.49. The maximum atomic E-state index is 5.64. The summed E-state index contributed by atoms with van der Waals surface area (Å²) in [6.45, 7) is 4.88. The first-order chi connectivity index (χ1) is 27.0. The van der Waals surface area contributed by atoms with E-state index in [0.29, 0.717) is 23.7 Å². The van der Waals surface area contributed by atoms with Crippen LogP contribution in [0.3, 0.4) is 0 Å². The summed E-state index contributed by atoms with van der Waals surface area (Å²) in [6, 6.07) is 52.3. The summed E-state index contributed by atoms with van der Waals surface area (Å²) < 4.78 is 4.73. The molecular weight excluding hydrogens is 671 g/mol. The van der Waals surface area contributed by atoms with E-state index in [1.54, 1.807) is 0 Å². The van der Waals surface area contributed by atoms with E-state index in [1.165, 1.54) is 51.0 Å². The van der Waals surface area contributed by atoms with Gasteiger partial charge in [0.2, 0.25) is 5.95 Å². The van der Waals surface area contributed by atoms with Gasteiger partial charge in [0.15, 0.2) is 5.82 Å². The van der Waals surface area contributed by atoms with Crippen molar-refractivity contribution in [3.8, 4) is 34.2 Å². The standard InChI is InChI=1S/C50H43N5/c1-32-27-34-28-33(2)30-50(29-32,31-34)48-51-47(52-49(53-48)55-43-24-11-6-17-37(43)38-18-7-12-25-44(38)55)41-20-9-13-26-45(41)54-42-23-10-8-19-39(42)40-22-14-21-36(46(40)54)35-15-4-3-5-16-35/h3-26,32-34H,27-31H2,1-2H3/t32-,33+,34?,50?. The number of rotatable bonds is 5. The zero-order chi connectivity index (χ0) is 36.7. The predicted molar refractivity (Wildman–Crippen MR) is 226 cm³/mol. The third-order valence-corrected chi connectivity index (χ3v) is 12.7. The number of aromatic nitrogens is 5. The van der Waals surface area contributed by atoms with E-state index in [4.69, 9.17) is 15.0 Å². The summed E-state index contributed by atoms with van der Waals surface area (Å²) >= 11 is 0. The van der Waals surface area contributed by atoms with Crippen LogP contribution in [0.5, 0.6) is 0 Å². The van der Waals surface area contributed by atoms with E-state index in [1.807, 2.05) is 0 Å². The van der Waals surface area contributed by atoms with Crippen LogP contribution in [0.2, 0.25) is 0 Å². The lowest BCUT2D eigenvalue weighted by atomic mass is 9.56. The molecule has 2 unspecified atom stereocenters. The molecule has 3 heterocycles. The van der Waals surface area contributed by atoms with Gasteiger partial charge in [-0.15, -0.1) is 0 Å². The fourth-order valence-corrected chi connectivity index (χ4v) is 10.9. The first kappa shape index (κ1) is 32.4. The molecule has 2 aliphatic rings. The monoisotopic (exact) mass is 713 g/mol. The van der Waals surface area contributed by atoms with Crippen LogP contribution in [0.25, 0.3) is 77.8 Å². The zero-order valence-electron chi connectivity index (χ0n) is 31.4. The number of benzene rings is 6. The van der Waals surface area contributed by atoms with Gasteiger partial charge in [-0.1, -0.05) is 129 Å². The number of fused-ring (bicyclic) bond motifs is 8. The molecule has 0 spiro atoms. The average Bonchev–Trinajstić information content (AvgIpc) is 3.74. The molecule has 3 aromatic heterocycles. The molecule has 0 radical (unpaired) electrons. The molecule has 9 aromatic rings. The van der Waals surface area contributed by atoms with E-state index in [-0.39, 0.29) is 5.41 Å². The van der Waals surface area contributed by atoms with Crippen LogP contribution < -0.4 is 0 Å². The lowest BCUT2D eigenvalue weighted by Crippen LogP contribution is -2.43. The van der Waals surface area contributed by atoms with Gasteiger partial charge in [0.1, 0.15) is 5.82 Å². The van der Waals surface area contributed by atoms with Crippen molar-refractivity contribution in [3.05, 3.63) is 151 Å². The molecular formula is C50H43N5. The summed E-state index contributed by atoms with van der Waals surface area (Å²) in [5.74, 6) is 4.34. The predicted octanol–water partition coefficient (Wildman–Crippen LogP) is 12.5. The summed E-state index contributed by atoms with van der Waals surface area (Å²) in [4.78, 5) is 16.7. The molecule has 55 heavy (non-hydrogen) atoms. The van der Waals surface area contributed by atoms with E-state index in [2.05, 4.69) is 169 Å². The Hall–Kier alpha value is -6.07. The van der Waals surface area contributed by atoms with Gasteiger partial charge in [-0.25, -0.2) is 4.98 Å². The van der Waals surface area contributed by atoms with Crippen LogP contribution in [0.4, 0.5) is 0 Å². The second-order valence-corrected chi connectivity index (χ2v) is 16.5. The highest BCUT2D eigenvalue weighted by molar-refractivity contribution is 6.14. The molecule has 5 heteroatoms. The maximum absolute atomic E-state index is 5.64. The maximum Gasteiger partial charge on any atom is 0.238 e. The Morgan fingerprint density at radius 2 is 1.04 bits per heavy atom. The van der Waals surface area contributed by atoms with Crippen molar-refractivity contribution in [1.29, 1.82) is 0 Å². The molecule has 0 N–H and O–H groups in total. The van der Waals surface area contributed by atoms with Crippen molar-refractivity contribution in [1.82, 2.24) is 24.1 Å². The fraction of sp³-hybridized carbons (Fsp3) is 0.220. The zero-order valence-corrected chi connectivity index (χ0v) is 31.4. The van der Waals surface area contributed by atoms with Crippen LogP contribution >= 0.6 is 0 Å². The first-order valence-electron chi connectivity index (χ1n) is 20.0. The van der Waals surface area contributed by atoms with Crippen LogP contribution in [0.15, 0.2) is 146 Å². The summed E-state index contributed by atoms with van der Waals surface area (Å²) in [5, 5.41) is 4.86. The largest absolute Gasteiger partial charge is 0.308 e. The fourth-order valence-electron chi connectivity index (χ4n) is 10.9. The molecule has 2 aliphatic carbocycles. The van der Waals surface area contributed by atoms with Gasteiger partial charge in [-0.2, -0.15) is 9.97 Å². The van der Waals surface area contributed by atoms with Gasteiger partial charge in [0.05, 0.1) is 27.8 Å². The molecule has 0 amide bonds. The smallest absolute Gasteiger partial charge is 0.238 e. The second-order valence-electron chi connectivity index (χ2n) is 16.5. The quantitative estimate of drug-likeness (QED) is 0.178. The second kappa shape index (κ2) is 12.5. The van der Waals surface area contributed by atoms with Crippen LogP contribution in [-0.4, -0.2) is 24.1 Å². The van der Waals surface area contributed by atoms with E-state index in [9.17, 15) is 0 Å². The van der Waals surface area contributed by atoms with Crippen molar-refractivity contribution in [2.75, 3.05) is 0 Å². The molecule has 2 fully saturated rings. The Morgan fingerprint density at radius 3 is 1.73 bits per heavy atom. The summed E-state index contributed by atoms with van der Waals surface area (Å²) in [6.07, 6.45) is 5.96. The normalized spacial score (nSPS) is 21.2. The molecule has 5 nitrogen and oxygen atoms in total. The number of para-hydroxylation sites is 5. The number of nitrogens with zero attached hydrogens (tertiary/aromatic N) is 5. The number of hydrogen-bond donors (Lipinski definition) is 0. The molecule has 6 aromatic carbocycles. The van der Waals surface area contributed by atoms with Gasteiger partial charge in [0, 0.05) is 38.1 Å². The molecule has 268 valence electrons. The Kier molecular flexibility index (Phi) is 7.35. The highest BCUT2D eigenvalue weighted by Gasteiger charge is 2.47. The molecule has 4 atom stereocenters. The van der Waals surface area contributed by atoms with Gasteiger partial charge in [-0.3, -0.25) is 4.57 Å². The van der Waals surface area contributed by atoms with Gasteiger partial charge in [0.25, 0.3) is 0 Å². The molecule has 2 saturated carbocycles. The first-order valence-corrected chi connectivity index (χ1v) is 20.0. The van der Waals surface area contributed by atoms with Crippen molar-refractivity contribution in [2.45, 2.75) is 51.4 Å². The molecule has 11 rings (SSSR count). The third kappa shape index (κ3) is 5.09. The number of hydrogen-bond acceptors (Lipinski definition) is 3. The van der Waals surface area contributed by atoms with Crippen molar-refractivity contribution < 1.29 is 0 Å². The molecule has 2 bridgehead atoms. The average molecular weight is 714 g/mol. The molecule has 0 saturated heterocycles. The van der Waals surface area contributed by atoms with Gasteiger partial charge < -0.3 is 4.57 Å². The van der Waals surface area contributed by atoms with Crippen LogP contribution in [0.1, 0.15) is 51.8 Å². The van der Waals surface area contributed by atoms with Crippen molar-refractivity contribution in [3.63, 3.8) is 0 Å². The van der Waals surface area contributed by atoms with Gasteiger partial charge >= 0.3 is 0 Å². The minimum atomic E-state index is -0.0898. The Balaban J connectivity index is 1.22. The summed E-state index contributed by atoms with van der Waals surface area (Å²) in [7, 11) is 0. The Bertz CT molecular complexity index is 2840. The minimum Gasteiger partial charge on any atom is -0.308 e. The van der Waals surface area contributed by atoms with E-state index in [0.717, 1.165) is 58.7 Å². The molecule has 0 aliphatic heterocycles. The minimum absolute atomic E-state index is 0.0898. The Morgan fingerprint density at radius 1 is 0.491 bits per heavy atom. The topological polar surface area (TPSA) is 48.5 Å². The van der Waals surface area contributed by atoms with Crippen LogP contribution in [0, 0.1) is 17.8 Å². The van der Waals surface area contributed by atoms with Crippen LogP contribution in [-0.2, 0) is 5.41 Å². The van der Waals surface area contributed by atoms with Crippen molar-refractivity contribution in [2.24, 2.45) is 17.8 Å². The SMILES string of the molecule is C[C@@H]1CC2C[C@H](C)CC(c3nc(-c4ccccc4-n4c5ccccc5c5cccc(-c6ccccc6)c54)nc(-n4c5ccccc5c5ccccc54)n3)(C2)C1. The lowest BCUT2D eigenvalue weighted by molar-refractivity contribution is 0.0719. The van der Waals surface area contributed by atoms with Gasteiger partial charge in [-0.05, 0) is 85.8 Å². The van der Waals surface area contributed by atoms with E-state index < -0.39 is 0 Å². The highest BCUT2D eigenvalue weighted by Crippen LogP contribution is 2.53. The highest BCUT2D eigenvalue weighted by atomic mass is 15.2. The third-order valence-electron chi connectivity index (χ3n) is 12.7. The Labute approximate surface area is 321 Å².